The van der Waals surface area contributed by atoms with Gasteiger partial charge in [0.05, 0.1) is 50.1 Å². The number of morpholine rings is 2. The van der Waals surface area contributed by atoms with E-state index in [1.165, 1.54) is 79.8 Å². The van der Waals surface area contributed by atoms with E-state index in [0.29, 0.717) is 85.8 Å². The molecule has 0 unspecified atom stereocenters. The molecule has 36 nitrogen and oxygen atoms in total. The Kier molecular flexibility index (Phi) is 32.3. The average molecular weight is 1920 g/mol. The minimum Gasteiger partial charge on any atom is -0.379 e. The first-order chi connectivity index (χ1) is 62.3. The van der Waals surface area contributed by atoms with Gasteiger partial charge in [0.1, 0.15) is 11.5 Å². The molecule has 15 rings (SSSR count). The van der Waals surface area contributed by atoms with Gasteiger partial charge in [-0.1, -0.05) is 79.1 Å². The third-order valence-electron chi connectivity index (χ3n) is 24.4. The van der Waals surface area contributed by atoms with Gasteiger partial charge in [-0.15, -0.1) is 0 Å². The van der Waals surface area contributed by atoms with E-state index in [4.69, 9.17) is 21.1 Å². The molecule has 3 saturated heterocycles. The van der Waals surface area contributed by atoms with Crippen molar-refractivity contribution < 1.29 is 76.3 Å². The van der Waals surface area contributed by atoms with E-state index in [-0.39, 0.29) is 74.9 Å². The predicted octanol–water partition coefficient (Wildman–Crippen LogP) is 12.5. The summed E-state index contributed by atoms with van der Waals surface area (Å²) in [7, 11) is -11.8. The number of carbonyl (C=O) groups is 6. The molecule has 132 heavy (non-hydrogen) atoms. The summed E-state index contributed by atoms with van der Waals surface area (Å²) in [5.74, 6) is -0.944. The molecule has 7 heterocycles. The highest BCUT2D eigenvalue weighted by atomic mass is 35.5. The monoisotopic (exact) mass is 1920 g/mol. The Balaban J connectivity index is 0.000000159. The third-order valence-corrected chi connectivity index (χ3v) is 29.4. The van der Waals surface area contributed by atoms with Crippen LogP contribution in [-0.4, -0.2) is 201 Å². The number of fused-ring (bicyclic) bond motifs is 4. The number of nitrogens with zero attached hydrogens (tertiary/aromatic N) is 12. The number of hydrogen-bond donors (Lipinski definition) is 8. The number of aryl methyl sites for hydroxylation is 6. The van der Waals surface area contributed by atoms with E-state index in [1.807, 2.05) is 74.0 Å². The minimum absolute atomic E-state index is 0.0756. The molecule has 0 spiro atoms. The Hall–Kier alpha value is -10.4. The summed E-state index contributed by atoms with van der Waals surface area (Å²) in [6, 6.07) is 12.6. The molecule has 4 aromatic carbocycles. The van der Waals surface area contributed by atoms with E-state index in [9.17, 15) is 66.8 Å². The van der Waals surface area contributed by atoms with Crippen LogP contribution in [0.5, 0.6) is 0 Å². The summed E-state index contributed by atoms with van der Waals surface area (Å²) >= 11 is 6.27. The number of sulfonamides is 4. The molecule has 718 valence electrons. The molecule has 4 aromatic heterocycles. The zero-order valence-electron chi connectivity index (χ0n) is 77.9. The maximum absolute atomic E-state index is 14.1. The number of carbonyl (C=O) groups excluding carboxylic acids is 6. The first kappa shape index (κ1) is 101. The lowest BCUT2D eigenvalue weighted by atomic mass is 9.92. The molecule has 3 aliphatic heterocycles. The smallest absolute Gasteiger partial charge is 0.333 e. The number of halogens is 2. The Morgan fingerprint density at radius 3 is 1.06 bits per heavy atom. The summed E-state index contributed by atoms with van der Waals surface area (Å²) < 4.78 is 143. The number of nitrogens with one attached hydrogen (secondary N) is 8. The van der Waals surface area contributed by atoms with Crippen LogP contribution in [-0.2, 0) is 139 Å². The van der Waals surface area contributed by atoms with Gasteiger partial charge in [-0.25, -0.2) is 42.5 Å². The van der Waals surface area contributed by atoms with Crippen LogP contribution in [0.3, 0.4) is 0 Å². The quantitative estimate of drug-likeness (QED) is 0.0263. The summed E-state index contributed by atoms with van der Waals surface area (Å²) in [5.41, 5.74) is 17.2. The van der Waals surface area contributed by atoms with Crippen LogP contribution in [0.1, 0.15) is 252 Å². The highest BCUT2D eigenvalue weighted by Crippen LogP contribution is 2.42. The number of benzene rings is 4. The fourth-order valence-corrected chi connectivity index (χ4v) is 21.1. The SMILES string of the molecule is CC(=O)N(C)Cc1cc(S(=O)(=O)NC(=O)Nc2c3c(cc4c2CCC4)CCC3)nn1C(C)C.CC(C)c1cc(Cl)cc(C(C)C)c1NC(=O)NS(=O)(=O)c1cc(CN2CCOCC2)n(C)n1.CC(C)c1cc(F)cc(C(C)C)c1NC(=O)NS(=O)(=O)c1cc(C(=O)N2CCC2)n(C(C)C)n1.Cn1nc(S(=O)(=O)NC(=O)Nc2c3c(cc4c2CCC4)CCC3)cc1CN1CCOCC1. The first-order valence-electron chi connectivity index (χ1n) is 45.0. The lowest BCUT2D eigenvalue weighted by molar-refractivity contribution is -0.128. The fourth-order valence-electron chi connectivity index (χ4n) is 17.3. The molecule has 0 radical (unpaired) electrons. The number of urea groups is 4. The van der Waals surface area contributed by atoms with Crippen LogP contribution in [0, 0.1) is 5.82 Å². The largest absolute Gasteiger partial charge is 0.379 e. The van der Waals surface area contributed by atoms with Gasteiger partial charge in [-0.2, -0.15) is 54.1 Å². The number of likely N-dealkylation sites (tertiary alicyclic amines) is 1. The van der Waals surface area contributed by atoms with Crippen molar-refractivity contribution >= 4 is 110 Å². The van der Waals surface area contributed by atoms with Crippen molar-refractivity contribution in [3.63, 3.8) is 0 Å². The lowest BCUT2D eigenvalue weighted by Crippen LogP contribution is -2.43. The maximum Gasteiger partial charge on any atom is 0.333 e. The molecular formula is C90H124ClFN20O16S4. The number of aromatic nitrogens is 8. The zero-order chi connectivity index (χ0) is 95.9. The highest BCUT2D eigenvalue weighted by molar-refractivity contribution is 7.90. The Labute approximate surface area is 777 Å². The second-order valence-electron chi connectivity index (χ2n) is 36.2. The normalized spacial score (nSPS) is 15.6. The Morgan fingerprint density at radius 2 is 0.735 bits per heavy atom. The van der Waals surface area contributed by atoms with Crippen LogP contribution in [0.4, 0.5) is 46.3 Å². The molecule has 7 aliphatic rings. The third kappa shape index (κ3) is 24.2. The molecule has 0 saturated carbocycles. The molecule has 10 amide bonds. The number of amides is 10. The van der Waals surface area contributed by atoms with Crippen LogP contribution >= 0.6 is 11.6 Å². The van der Waals surface area contributed by atoms with Crippen LogP contribution in [0.15, 0.2) is 80.8 Å². The topological polar surface area (TPSA) is 438 Å². The van der Waals surface area contributed by atoms with E-state index in [2.05, 4.69) is 77.8 Å². The van der Waals surface area contributed by atoms with Gasteiger partial charge in [0.2, 0.25) is 5.91 Å². The van der Waals surface area contributed by atoms with Gasteiger partial charge < -0.3 is 40.5 Å². The second kappa shape index (κ2) is 42.4. The van der Waals surface area contributed by atoms with Crippen molar-refractivity contribution in [3.05, 3.63) is 161 Å². The van der Waals surface area contributed by atoms with Crippen LogP contribution in [0.25, 0.3) is 0 Å². The molecule has 4 aliphatic carbocycles. The van der Waals surface area contributed by atoms with Crippen molar-refractivity contribution in [1.82, 2.24) is 77.6 Å². The van der Waals surface area contributed by atoms with Crippen molar-refractivity contribution in [2.45, 2.75) is 249 Å². The van der Waals surface area contributed by atoms with Gasteiger partial charge in [-0.05, 0) is 226 Å². The van der Waals surface area contributed by atoms with Crippen LogP contribution < -0.4 is 40.2 Å². The van der Waals surface area contributed by atoms with Crippen molar-refractivity contribution in [2.75, 3.05) is 94.0 Å². The predicted molar refractivity (Wildman–Crippen MR) is 499 cm³/mol. The van der Waals surface area contributed by atoms with E-state index >= 15 is 0 Å². The van der Waals surface area contributed by atoms with Gasteiger partial charge in [0.25, 0.3) is 46.0 Å². The summed E-state index contributed by atoms with van der Waals surface area (Å²) in [6.07, 6.45) is 12.7. The second-order valence-corrected chi connectivity index (χ2v) is 43.1. The van der Waals surface area contributed by atoms with Gasteiger partial charge in [0, 0.05) is 145 Å². The minimum atomic E-state index is -4.38. The van der Waals surface area contributed by atoms with Gasteiger partial charge in [0.15, 0.2) is 20.1 Å². The van der Waals surface area contributed by atoms with Gasteiger partial charge in [-0.3, -0.25) is 38.1 Å². The Bertz CT molecular complexity index is 6030. The summed E-state index contributed by atoms with van der Waals surface area (Å²) in [4.78, 5) is 82.9. The van der Waals surface area contributed by atoms with E-state index in [1.54, 1.807) is 61.4 Å². The van der Waals surface area contributed by atoms with Gasteiger partial charge >= 0.3 is 24.1 Å². The molecule has 8 aromatic rings. The average Bonchev–Trinajstić information content (AvgIpc) is 1.63. The van der Waals surface area contributed by atoms with Crippen molar-refractivity contribution in [3.8, 4) is 0 Å². The number of anilines is 4. The molecule has 3 fully saturated rings. The maximum atomic E-state index is 14.1. The molecule has 0 bridgehead atoms. The van der Waals surface area contributed by atoms with Crippen molar-refractivity contribution in [1.29, 1.82) is 0 Å². The molecule has 42 heteroatoms. The molecule has 0 atom stereocenters. The molecular weight excluding hydrogens is 1800 g/mol. The molecule has 8 N–H and O–H groups in total. The van der Waals surface area contributed by atoms with Crippen LogP contribution in [0.2, 0.25) is 5.02 Å². The first-order valence-corrected chi connectivity index (χ1v) is 51.3. The summed E-state index contributed by atoms with van der Waals surface area (Å²) in [6.45, 7) is 32.4. The number of ether oxygens (including phenoxy) is 2. The Morgan fingerprint density at radius 1 is 0.417 bits per heavy atom. The fraction of sp³-hybridized carbons (Fsp3) is 0.533. The lowest BCUT2D eigenvalue weighted by Gasteiger charge is -2.31. The standard InChI is InChI=1S/C23H32FN5O4S.C23H31N5O4S.C22H32ClN5O4S.C22H29N5O4S/c1-13(2)17-10-16(24)11-18(14(3)4)21(17)25-23(31)27-34(32,33)20-12-19(29(26-20)15(5)6)22(30)28-8-7-9-28;1-14(2)28-18(13-27(4)15(3)29)12-21(25-28)33(31,32)26-23(30)24-22-19-9-5-7-16(19)11-17-8-6-10-20(17)22;1-14(2)18-10-16(23)11-19(15(3)4)21(18)24-22(29)26-33(30,31)20-12-17(27(5)25-20)13-28-6-8-32-9-7-28;1-26-17(14-27-8-10-31-11-9-27)13-20(24-26)32(29,30)25-22(28)23-21-18-6-2-4-15(18)12-16-5-3-7-19(16)21/h10-15H,7-9H2,1-6H3,(H2,25,27,31);11-12,14H,5-10,13H2,1-4H3,(H2,24,26,30);10-12,14-15H,6-9,13H2,1-5H3,(H2,24,26,29);12-13H,2-11,14H2,1H3,(H2,23,25,28). The zero-order valence-corrected chi connectivity index (χ0v) is 81.9. The number of rotatable bonds is 25. The highest BCUT2D eigenvalue weighted by Gasteiger charge is 2.36. The van der Waals surface area contributed by atoms with Crippen molar-refractivity contribution in [2.24, 2.45) is 14.1 Å². The van der Waals surface area contributed by atoms with E-state index < -0.39 is 75.1 Å². The summed E-state index contributed by atoms with van der Waals surface area (Å²) in [5, 5.41) is 27.2. The van der Waals surface area contributed by atoms with E-state index in [0.717, 1.165) is 166 Å². The number of hydrogen-bond acceptors (Lipinski definition) is 22.